The molecule has 0 heterocycles. The summed E-state index contributed by atoms with van der Waals surface area (Å²) in [6, 6.07) is 3.78. The Morgan fingerprint density at radius 3 is 2.52 bits per heavy atom. The summed E-state index contributed by atoms with van der Waals surface area (Å²) in [7, 11) is -3.85. The predicted molar refractivity (Wildman–Crippen MR) is 81.6 cm³/mol. The molecule has 0 unspecified atom stereocenters. The van der Waals surface area contributed by atoms with Gasteiger partial charge < -0.3 is 5.73 Å². The smallest absolute Gasteiger partial charge is 0.243 e. The molecule has 0 aliphatic heterocycles. The highest BCUT2D eigenvalue weighted by molar-refractivity contribution is 7.89. The molecule has 0 spiro atoms. The van der Waals surface area contributed by atoms with Crippen molar-refractivity contribution in [3.05, 3.63) is 29.6 Å². The maximum Gasteiger partial charge on any atom is 0.243 e. The van der Waals surface area contributed by atoms with Gasteiger partial charge in [-0.25, -0.2) is 17.5 Å². The van der Waals surface area contributed by atoms with Gasteiger partial charge in [-0.15, -0.1) is 0 Å². The third-order valence-electron chi connectivity index (χ3n) is 2.72. The number of halogens is 1. The van der Waals surface area contributed by atoms with Gasteiger partial charge in [-0.05, 0) is 30.0 Å². The van der Waals surface area contributed by atoms with Gasteiger partial charge in [0.15, 0.2) is 0 Å². The number of hydrogen-bond acceptors (Lipinski definition) is 3. The maximum atomic E-state index is 13.9. The van der Waals surface area contributed by atoms with Crippen LogP contribution in [0.25, 0.3) is 0 Å². The fourth-order valence-corrected chi connectivity index (χ4v) is 2.68. The molecule has 0 fully saturated rings. The van der Waals surface area contributed by atoms with E-state index in [4.69, 9.17) is 5.73 Å². The highest BCUT2D eigenvalue weighted by atomic mass is 32.2. The molecule has 1 rings (SSSR count). The van der Waals surface area contributed by atoms with Crippen LogP contribution in [0.5, 0.6) is 0 Å². The van der Waals surface area contributed by atoms with Gasteiger partial charge >= 0.3 is 0 Å². The Morgan fingerprint density at radius 2 is 2.00 bits per heavy atom. The summed E-state index contributed by atoms with van der Waals surface area (Å²) >= 11 is 0. The molecule has 3 N–H and O–H groups in total. The van der Waals surface area contributed by atoms with E-state index in [2.05, 4.69) is 16.6 Å². The highest BCUT2D eigenvalue weighted by Crippen LogP contribution is 2.19. The Hall–Kier alpha value is -1.42. The van der Waals surface area contributed by atoms with Crippen molar-refractivity contribution in [2.75, 3.05) is 13.1 Å². The summed E-state index contributed by atoms with van der Waals surface area (Å²) in [4.78, 5) is -0.366. The van der Waals surface area contributed by atoms with Crippen LogP contribution in [-0.2, 0) is 10.0 Å². The van der Waals surface area contributed by atoms with Gasteiger partial charge in [0.1, 0.15) is 10.7 Å². The van der Waals surface area contributed by atoms with Crippen molar-refractivity contribution in [1.29, 1.82) is 0 Å². The van der Waals surface area contributed by atoms with Crippen molar-refractivity contribution in [1.82, 2.24) is 4.72 Å². The third kappa shape index (κ3) is 5.84. The SMILES string of the molecule is CC(C)(C)CCNS(=O)(=O)c1ccc(C#CCN)cc1F. The van der Waals surface area contributed by atoms with Crippen LogP contribution >= 0.6 is 0 Å². The van der Waals surface area contributed by atoms with E-state index >= 15 is 0 Å². The monoisotopic (exact) mass is 312 g/mol. The van der Waals surface area contributed by atoms with Crippen LogP contribution in [-0.4, -0.2) is 21.5 Å². The molecule has 0 aliphatic carbocycles. The summed E-state index contributed by atoms with van der Waals surface area (Å²) in [5, 5.41) is 0. The van der Waals surface area contributed by atoms with E-state index in [1.165, 1.54) is 12.1 Å². The summed E-state index contributed by atoms with van der Waals surface area (Å²) in [6.45, 7) is 6.45. The Kier molecular flexibility index (Phi) is 5.90. The molecule has 0 radical (unpaired) electrons. The van der Waals surface area contributed by atoms with Gasteiger partial charge in [-0.1, -0.05) is 32.6 Å². The van der Waals surface area contributed by atoms with Crippen molar-refractivity contribution >= 4 is 10.0 Å². The number of nitrogens with one attached hydrogen (secondary N) is 1. The summed E-state index contributed by atoms with van der Waals surface area (Å²) in [5.74, 6) is 4.43. The van der Waals surface area contributed by atoms with Crippen LogP contribution in [0.4, 0.5) is 4.39 Å². The molecule has 6 heteroatoms. The molecular formula is C15H21FN2O2S. The lowest BCUT2D eigenvalue weighted by Gasteiger charge is -2.18. The van der Waals surface area contributed by atoms with E-state index in [1.807, 2.05) is 20.8 Å². The number of benzene rings is 1. The Balaban J connectivity index is 2.89. The van der Waals surface area contributed by atoms with Gasteiger partial charge in [0.05, 0.1) is 6.54 Å². The first kappa shape index (κ1) is 17.6. The van der Waals surface area contributed by atoms with Crippen LogP contribution in [0, 0.1) is 23.1 Å². The maximum absolute atomic E-state index is 13.9. The second kappa shape index (κ2) is 7.03. The lowest BCUT2D eigenvalue weighted by Crippen LogP contribution is -2.28. The molecule has 0 saturated heterocycles. The number of nitrogens with two attached hydrogens (primary N) is 1. The average Bonchev–Trinajstić information content (AvgIpc) is 2.34. The van der Waals surface area contributed by atoms with E-state index in [9.17, 15) is 12.8 Å². The minimum Gasteiger partial charge on any atom is -0.320 e. The number of hydrogen-bond donors (Lipinski definition) is 2. The second-order valence-electron chi connectivity index (χ2n) is 5.86. The van der Waals surface area contributed by atoms with Crippen LogP contribution in [0.15, 0.2) is 23.1 Å². The van der Waals surface area contributed by atoms with E-state index in [-0.39, 0.29) is 23.4 Å². The van der Waals surface area contributed by atoms with E-state index < -0.39 is 15.8 Å². The molecule has 21 heavy (non-hydrogen) atoms. The zero-order chi connectivity index (χ0) is 16.1. The first-order chi connectivity index (χ1) is 9.65. The molecule has 116 valence electrons. The molecule has 1 aromatic carbocycles. The first-order valence-electron chi connectivity index (χ1n) is 6.64. The van der Waals surface area contributed by atoms with Crippen LogP contribution < -0.4 is 10.5 Å². The Morgan fingerprint density at radius 1 is 1.33 bits per heavy atom. The molecule has 1 aromatic rings. The van der Waals surface area contributed by atoms with Crippen molar-refractivity contribution in [3.8, 4) is 11.8 Å². The van der Waals surface area contributed by atoms with E-state index in [0.717, 1.165) is 6.07 Å². The Labute approximate surface area is 126 Å². The molecule has 0 aliphatic rings. The van der Waals surface area contributed by atoms with Gasteiger partial charge in [-0.3, -0.25) is 0 Å². The zero-order valence-electron chi connectivity index (χ0n) is 12.5. The highest BCUT2D eigenvalue weighted by Gasteiger charge is 2.20. The lowest BCUT2D eigenvalue weighted by atomic mass is 9.93. The molecule has 0 aromatic heterocycles. The average molecular weight is 312 g/mol. The summed E-state index contributed by atoms with van der Waals surface area (Å²) in [5.41, 5.74) is 5.63. The fraction of sp³-hybridized carbons (Fsp3) is 0.467. The number of sulfonamides is 1. The minimum absolute atomic E-state index is 0.00271. The first-order valence-corrected chi connectivity index (χ1v) is 8.12. The quantitative estimate of drug-likeness (QED) is 0.834. The third-order valence-corrected chi connectivity index (χ3v) is 4.22. The molecule has 0 amide bonds. The van der Waals surface area contributed by atoms with Crippen LogP contribution in [0.2, 0.25) is 0 Å². The molecule has 4 nitrogen and oxygen atoms in total. The zero-order valence-corrected chi connectivity index (χ0v) is 13.3. The molecule has 0 saturated carbocycles. The molecule has 0 bridgehead atoms. The van der Waals surface area contributed by atoms with Crippen LogP contribution in [0.3, 0.4) is 0 Å². The van der Waals surface area contributed by atoms with Gasteiger partial charge in [0.2, 0.25) is 10.0 Å². The standard InChI is InChI=1S/C15H21FN2O2S/c1-15(2,3)8-10-18-21(19,20)14-7-6-12(5-4-9-17)11-13(14)16/h6-7,11,18H,8-10,17H2,1-3H3. The van der Waals surface area contributed by atoms with Gasteiger partial charge in [0.25, 0.3) is 0 Å². The largest absolute Gasteiger partial charge is 0.320 e. The van der Waals surface area contributed by atoms with E-state index in [0.29, 0.717) is 12.0 Å². The fourth-order valence-electron chi connectivity index (χ4n) is 1.59. The van der Waals surface area contributed by atoms with Crippen molar-refractivity contribution < 1.29 is 12.8 Å². The predicted octanol–water partition coefficient (Wildman–Crippen LogP) is 1.85. The summed E-state index contributed by atoms with van der Waals surface area (Å²) in [6.07, 6.45) is 0.661. The van der Waals surface area contributed by atoms with Crippen molar-refractivity contribution in [2.24, 2.45) is 11.1 Å². The van der Waals surface area contributed by atoms with Crippen molar-refractivity contribution in [2.45, 2.75) is 32.1 Å². The molecule has 0 atom stereocenters. The topological polar surface area (TPSA) is 72.2 Å². The summed E-state index contributed by atoms with van der Waals surface area (Å²) < 4.78 is 40.4. The van der Waals surface area contributed by atoms with Gasteiger partial charge in [-0.2, -0.15) is 0 Å². The number of rotatable bonds is 4. The van der Waals surface area contributed by atoms with Gasteiger partial charge in [0, 0.05) is 12.1 Å². The van der Waals surface area contributed by atoms with E-state index in [1.54, 1.807) is 0 Å². The normalized spacial score (nSPS) is 11.9. The van der Waals surface area contributed by atoms with Crippen LogP contribution in [0.1, 0.15) is 32.8 Å². The molecular weight excluding hydrogens is 291 g/mol. The second-order valence-corrected chi connectivity index (χ2v) is 7.59. The lowest BCUT2D eigenvalue weighted by molar-refractivity contribution is 0.378. The Bertz CT molecular complexity index is 652. The van der Waals surface area contributed by atoms with Crippen molar-refractivity contribution in [3.63, 3.8) is 0 Å². The minimum atomic E-state index is -3.85.